The lowest BCUT2D eigenvalue weighted by atomic mass is 10.2. The third kappa shape index (κ3) is 6.05. The van der Waals surface area contributed by atoms with Gasteiger partial charge in [0.25, 0.3) is 0 Å². The van der Waals surface area contributed by atoms with Gasteiger partial charge >= 0.3 is 12.1 Å². The summed E-state index contributed by atoms with van der Waals surface area (Å²) in [4.78, 5) is 33.1. The highest BCUT2D eigenvalue weighted by Gasteiger charge is 2.21. The van der Waals surface area contributed by atoms with E-state index >= 15 is 0 Å². The zero-order chi connectivity index (χ0) is 22.2. The second-order valence-electron chi connectivity index (χ2n) is 7.57. The van der Waals surface area contributed by atoms with Gasteiger partial charge in [0.05, 0.1) is 0 Å². The molecule has 4 amide bonds. The molecule has 1 aromatic heterocycles. The molecule has 2 aromatic carbocycles. The van der Waals surface area contributed by atoms with E-state index in [4.69, 9.17) is 0 Å². The predicted molar refractivity (Wildman–Crippen MR) is 126 cm³/mol. The van der Waals surface area contributed by atoms with Gasteiger partial charge in [-0.25, -0.2) is 9.59 Å². The summed E-state index contributed by atoms with van der Waals surface area (Å²) in [5.74, 6) is 0. The minimum atomic E-state index is -0.343. The summed E-state index contributed by atoms with van der Waals surface area (Å²) in [7, 11) is 0. The van der Waals surface area contributed by atoms with Gasteiger partial charge < -0.3 is 20.9 Å². The highest BCUT2D eigenvalue weighted by molar-refractivity contribution is 6.00. The van der Waals surface area contributed by atoms with Crippen molar-refractivity contribution >= 4 is 29.1 Å². The minimum Gasteiger partial charge on any atom is -0.322 e. The first-order valence-electron chi connectivity index (χ1n) is 10.6. The van der Waals surface area contributed by atoms with E-state index in [0.717, 1.165) is 19.6 Å². The Kier molecular flexibility index (Phi) is 6.94. The molecular weight excluding hydrogens is 404 g/mol. The average molecular weight is 431 g/mol. The molecule has 8 heteroatoms. The van der Waals surface area contributed by atoms with Crippen molar-refractivity contribution in [3.05, 3.63) is 84.7 Å². The molecular formula is C24H26N6O2. The molecule has 0 bridgehead atoms. The van der Waals surface area contributed by atoms with Gasteiger partial charge in [-0.15, -0.1) is 0 Å². The molecule has 0 aliphatic carbocycles. The molecule has 0 saturated carbocycles. The van der Waals surface area contributed by atoms with E-state index < -0.39 is 0 Å². The van der Waals surface area contributed by atoms with Crippen LogP contribution in [0.3, 0.4) is 0 Å². The number of nitrogens with one attached hydrogen (secondary N) is 3. The molecule has 0 spiro atoms. The fourth-order valence-electron chi connectivity index (χ4n) is 3.55. The molecule has 1 aliphatic rings. The molecule has 1 aliphatic heterocycles. The molecule has 8 nitrogen and oxygen atoms in total. The lowest BCUT2D eigenvalue weighted by molar-refractivity contribution is 0.143. The number of amides is 4. The van der Waals surface area contributed by atoms with Gasteiger partial charge in [-0.2, -0.15) is 0 Å². The molecule has 3 aromatic rings. The van der Waals surface area contributed by atoms with Gasteiger partial charge in [0, 0.05) is 62.2 Å². The van der Waals surface area contributed by atoms with Crippen LogP contribution in [0, 0.1) is 0 Å². The van der Waals surface area contributed by atoms with Gasteiger partial charge in [-0.3, -0.25) is 9.88 Å². The van der Waals surface area contributed by atoms with Crippen LogP contribution in [-0.4, -0.2) is 53.0 Å². The van der Waals surface area contributed by atoms with E-state index in [1.54, 1.807) is 36.7 Å². The first-order chi connectivity index (χ1) is 15.7. The number of carbonyl (C=O) groups is 2. The number of piperazine rings is 1. The number of hydrogen-bond donors (Lipinski definition) is 3. The Balaban J connectivity index is 1.26. The summed E-state index contributed by atoms with van der Waals surface area (Å²) < 4.78 is 0. The standard InChI is InChI=1S/C24H26N6O2/c31-23(26-20-5-2-1-3-6-20)27-21-7-4-8-22(17-21)28-24(32)30-15-13-29(14-16-30)18-19-9-11-25-12-10-19/h1-12,17H,13-16,18H2,(H,28,32)(H2,26,27,31). The second-order valence-corrected chi connectivity index (χ2v) is 7.57. The number of benzene rings is 2. The second kappa shape index (κ2) is 10.4. The first kappa shape index (κ1) is 21.3. The van der Waals surface area contributed by atoms with Crippen LogP contribution in [0.4, 0.5) is 26.7 Å². The summed E-state index contributed by atoms with van der Waals surface area (Å²) in [5, 5.41) is 8.48. The monoisotopic (exact) mass is 430 g/mol. The first-order valence-corrected chi connectivity index (χ1v) is 10.6. The molecule has 32 heavy (non-hydrogen) atoms. The van der Waals surface area contributed by atoms with Crippen LogP contribution in [0.15, 0.2) is 79.1 Å². The van der Waals surface area contributed by atoms with Crippen molar-refractivity contribution in [2.75, 3.05) is 42.1 Å². The van der Waals surface area contributed by atoms with E-state index in [2.05, 4.69) is 25.8 Å². The van der Waals surface area contributed by atoms with E-state index in [1.807, 2.05) is 47.4 Å². The summed E-state index contributed by atoms with van der Waals surface area (Å²) in [6.45, 7) is 3.81. The number of rotatable bonds is 5. The van der Waals surface area contributed by atoms with Crippen molar-refractivity contribution < 1.29 is 9.59 Å². The van der Waals surface area contributed by atoms with Gasteiger partial charge in [0.1, 0.15) is 0 Å². The molecule has 164 valence electrons. The summed E-state index contributed by atoms with van der Waals surface area (Å²) in [5.41, 5.74) is 3.15. The van der Waals surface area contributed by atoms with Crippen LogP contribution in [0.2, 0.25) is 0 Å². The SMILES string of the molecule is O=C(Nc1ccccc1)Nc1cccc(NC(=O)N2CCN(Cc3ccncc3)CC2)c1. The number of para-hydroxylation sites is 1. The van der Waals surface area contributed by atoms with Crippen LogP contribution in [-0.2, 0) is 6.54 Å². The zero-order valence-corrected chi connectivity index (χ0v) is 17.7. The van der Waals surface area contributed by atoms with Crippen molar-refractivity contribution in [3.8, 4) is 0 Å². The van der Waals surface area contributed by atoms with Crippen LogP contribution in [0.25, 0.3) is 0 Å². The Morgan fingerprint density at radius 2 is 1.38 bits per heavy atom. The number of urea groups is 2. The number of hydrogen-bond acceptors (Lipinski definition) is 4. The van der Waals surface area contributed by atoms with E-state index in [9.17, 15) is 9.59 Å². The maximum Gasteiger partial charge on any atom is 0.323 e. The normalized spacial score (nSPS) is 13.9. The number of pyridine rings is 1. The van der Waals surface area contributed by atoms with Crippen molar-refractivity contribution in [1.82, 2.24) is 14.8 Å². The molecule has 4 rings (SSSR count). The molecule has 0 radical (unpaired) electrons. The molecule has 0 unspecified atom stereocenters. The Labute approximate surface area is 187 Å². The van der Waals surface area contributed by atoms with E-state index in [-0.39, 0.29) is 12.1 Å². The number of anilines is 3. The highest BCUT2D eigenvalue weighted by atomic mass is 16.2. The van der Waals surface area contributed by atoms with Crippen molar-refractivity contribution in [1.29, 1.82) is 0 Å². The smallest absolute Gasteiger partial charge is 0.322 e. The van der Waals surface area contributed by atoms with Crippen molar-refractivity contribution in [2.24, 2.45) is 0 Å². The van der Waals surface area contributed by atoms with Crippen molar-refractivity contribution in [3.63, 3.8) is 0 Å². The average Bonchev–Trinajstić information content (AvgIpc) is 2.81. The molecule has 1 saturated heterocycles. The van der Waals surface area contributed by atoms with Gasteiger partial charge in [0.15, 0.2) is 0 Å². The molecule has 3 N–H and O–H groups in total. The van der Waals surface area contributed by atoms with Gasteiger partial charge in [0.2, 0.25) is 0 Å². The number of aromatic nitrogens is 1. The molecule has 2 heterocycles. The quantitative estimate of drug-likeness (QED) is 0.569. The predicted octanol–water partition coefficient (Wildman–Crippen LogP) is 4.08. The maximum atomic E-state index is 12.7. The highest BCUT2D eigenvalue weighted by Crippen LogP contribution is 2.17. The summed E-state index contributed by atoms with van der Waals surface area (Å²) in [6, 6.07) is 19.9. The minimum absolute atomic E-state index is 0.139. The number of nitrogens with zero attached hydrogens (tertiary/aromatic N) is 3. The Morgan fingerprint density at radius 1 is 0.750 bits per heavy atom. The lowest BCUT2D eigenvalue weighted by Crippen LogP contribution is -2.49. The molecule has 1 fully saturated rings. The van der Waals surface area contributed by atoms with E-state index in [0.29, 0.717) is 30.2 Å². The fraction of sp³-hybridized carbons (Fsp3) is 0.208. The van der Waals surface area contributed by atoms with Crippen LogP contribution in [0.5, 0.6) is 0 Å². The van der Waals surface area contributed by atoms with E-state index in [1.165, 1.54) is 5.56 Å². The third-order valence-corrected chi connectivity index (χ3v) is 5.22. The Bertz CT molecular complexity index is 1040. The van der Waals surface area contributed by atoms with Crippen LogP contribution < -0.4 is 16.0 Å². The van der Waals surface area contributed by atoms with Gasteiger partial charge in [-0.1, -0.05) is 24.3 Å². The molecule has 0 atom stereocenters. The number of carbonyl (C=O) groups excluding carboxylic acids is 2. The van der Waals surface area contributed by atoms with Crippen LogP contribution >= 0.6 is 0 Å². The maximum absolute atomic E-state index is 12.7. The van der Waals surface area contributed by atoms with Crippen molar-refractivity contribution in [2.45, 2.75) is 6.54 Å². The lowest BCUT2D eigenvalue weighted by Gasteiger charge is -2.34. The zero-order valence-electron chi connectivity index (χ0n) is 17.7. The Morgan fingerprint density at radius 3 is 2.09 bits per heavy atom. The van der Waals surface area contributed by atoms with Gasteiger partial charge in [-0.05, 0) is 48.0 Å². The summed E-state index contributed by atoms with van der Waals surface area (Å²) >= 11 is 0. The largest absolute Gasteiger partial charge is 0.323 e. The third-order valence-electron chi connectivity index (χ3n) is 5.22. The van der Waals surface area contributed by atoms with Crippen LogP contribution in [0.1, 0.15) is 5.56 Å². The fourth-order valence-corrected chi connectivity index (χ4v) is 3.55. The topological polar surface area (TPSA) is 89.6 Å². The summed E-state index contributed by atoms with van der Waals surface area (Å²) in [6.07, 6.45) is 3.60. The Hall–Kier alpha value is -3.91.